The van der Waals surface area contributed by atoms with Crippen molar-refractivity contribution in [1.29, 1.82) is 0 Å². The predicted octanol–water partition coefficient (Wildman–Crippen LogP) is 8.38. The Morgan fingerprint density at radius 3 is 2.35 bits per heavy atom. The van der Waals surface area contributed by atoms with Crippen LogP contribution in [-0.2, 0) is 0 Å². The van der Waals surface area contributed by atoms with Crippen molar-refractivity contribution in [3.63, 3.8) is 0 Å². The minimum atomic E-state index is 0.904. The average molecular weight is 434 g/mol. The van der Waals surface area contributed by atoms with Gasteiger partial charge >= 0.3 is 0 Å². The zero-order chi connectivity index (χ0) is 22.2. The molecular weight excluding hydrogens is 416 g/mol. The lowest BCUT2D eigenvalue weighted by Gasteiger charge is -2.13. The van der Waals surface area contributed by atoms with Crippen LogP contribution in [0.15, 0.2) is 114 Å². The van der Waals surface area contributed by atoms with E-state index in [0.717, 1.165) is 49.4 Å². The van der Waals surface area contributed by atoms with E-state index in [1.165, 1.54) is 21.7 Å². The Balaban J connectivity index is 1.60. The third kappa shape index (κ3) is 2.28. The van der Waals surface area contributed by atoms with Gasteiger partial charge in [-0.05, 0) is 35.7 Å². The van der Waals surface area contributed by atoms with E-state index in [2.05, 4.69) is 89.5 Å². The highest BCUT2D eigenvalue weighted by Gasteiger charge is 2.18. The summed E-state index contributed by atoms with van der Waals surface area (Å²) in [6.07, 6.45) is 1.88. The van der Waals surface area contributed by atoms with Crippen LogP contribution in [0.25, 0.3) is 71.1 Å². The second-order valence-electron chi connectivity index (χ2n) is 8.83. The van der Waals surface area contributed by atoms with Gasteiger partial charge in [-0.25, -0.2) is 0 Å². The van der Waals surface area contributed by atoms with Crippen molar-refractivity contribution in [2.45, 2.75) is 0 Å². The molecule has 0 bridgehead atoms. The number of para-hydroxylation sites is 2. The van der Waals surface area contributed by atoms with E-state index in [-0.39, 0.29) is 0 Å². The number of pyridine rings is 1. The first-order valence-corrected chi connectivity index (χ1v) is 11.5. The second-order valence-corrected chi connectivity index (χ2v) is 8.83. The minimum Gasteiger partial charge on any atom is -0.456 e. The number of hydrogen-bond donors (Lipinski definition) is 0. The van der Waals surface area contributed by atoms with Gasteiger partial charge in [0.05, 0.1) is 22.2 Å². The number of nitrogens with zero attached hydrogens (tertiary/aromatic N) is 2. The van der Waals surface area contributed by atoms with Gasteiger partial charge in [-0.15, -0.1) is 0 Å². The summed E-state index contributed by atoms with van der Waals surface area (Å²) in [5, 5.41) is 8.23. The first kappa shape index (κ1) is 17.9. The molecule has 0 aliphatic rings. The van der Waals surface area contributed by atoms with Gasteiger partial charge in [0.1, 0.15) is 11.2 Å². The quantitative estimate of drug-likeness (QED) is 0.243. The van der Waals surface area contributed by atoms with Crippen LogP contribution in [-0.4, -0.2) is 9.55 Å². The fraction of sp³-hybridized carbons (Fsp3) is 0. The Kier molecular flexibility index (Phi) is 3.39. The number of furan rings is 1. The number of fused-ring (bicyclic) bond motifs is 9. The highest BCUT2D eigenvalue weighted by Crippen LogP contribution is 2.40. The van der Waals surface area contributed by atoms with Crippen LogP contribution in [0.1, 0.15) is 0 Å². The van der Waals surface area contributed by atoms with Gasteiger partial charge in [-0.1, -0.05) is 66.7 Å². The monoisotopic (exact) mass is 434 g/mol. The summed E-state index contributed by atoms with van der Waals surface area (Å²) < 4.78 is 8.65. The van der Waals surface area contributed by atoms with Crippen LogP contribution in [0.5, 0.6) is 0 Å². The van der Waals surface area contributed by atoms with Crippen molar-refractivity contribution in [2.75, 3.05) is 0 Å². The number of rotatable bonds is 1. The lowest BCUT2D eigenvalue weighted by atomic mass is 10.0. The Hall–Kier alpha value is -4.63. The molecule has 0 saturated heterocycles. The lowest BCUT2D eigenvalue weighted by Crippen LogP contribution is -1.96. The van der Waals surface area contributed by atoms with E-state index in [4.69, 9.17) is 9.40 Å². The largest absolute Gasteiger partial charge is 0.456 e. The zero-order valence-corrected chi connectivity index (χ0v) is 18.2. The van der Waals surface area contributed by atoms with Gasteiger partial charge in [0, 0.05) is 44.6 Å². The van der Waals surface area contributed by atoms with Crippen molar-refractivity contribution in [1.82, 2.24) is 9.55 Å². The first-order valence-electron chi connectivity index (χ1n) is 11.5. The molecule has 0 atom stereocenters. The standard InChI is InChI=1S/C31H18N2O/c1-3-11-25-21(9-1)23-17-24-22-10-2-4-13-28(22)34-29(24)18-27(23)33(25)26-12-5-7-19-14-15-20-8-6-16-32-31(20)30(19)26/h1-18H. The van der Waals surface area contributed by atoms with Crippen molar-refractivity contribution in [3.8, 4) is 5.69 Å². The third-order valence-electron chi connectivity index (χ3n) is 7.00. The Morgan fingerprint density at radius 2 is 1.38 bits per heavy atom. The molecule has 3 aromatic heterocycles. The Labute approximate surface area is 194 Å². The Morgan fingerprint density at radius 1 is 0.559 bits per heavy atom. The van der Waals surface area contributed by atoms with E-state index in [0.29, 0.717) is 0 Å². The third-order valence-corrected chi connectivity index (χ3v) is 7.00. The van der Waals surface area contributed by atoms with E-state index < -0.39 is 0 Å². The highest BCUT2D eigenvalue weighted by atomic mass is 16.3. The van der Waals surface area contributed by atoms with Gasteiger partial charge in [0.25, 0.3) is 0 Å². The SMILES string of the molecule is c1cnc2c(c1)ccc1cccc(-n3c4ccccc4c4cc5c(cc43)oc3ccccc35)c12. The summed E-state index contributed by atoms with van der Waals surface area (Å²) >= 11 is 0. The molecule has 0 N–H and O–H groups in total. The molecule has 34 heavy (non-hydrogen) atoms. The average Bonchev–Trinajstić information content (AvgIpc) is 3.41. The summed E-state index contributed by atoms with van der Waals surface area (Å²) in [5.74, 6) is 0. The fourth-order valence-electron chi connectivity index (χ4n) is 5.53. The maximum atomic E-state index is 6.28. The van der Waals surface area contributed by atoms with Crippen molar-refractivity contribution < 1.29 is 4.42 Å². The van der Waals surface area contributed by atoms with Crippen LogP contribution in [0.3, 0.4) is 0 Å². The van der Waals surface area contributed by atoms with Gasteiger partial charge < -0.3 is 8.98 Å². The second kappa shape index (κ2) is 6.46. The van der Waals surface area contributed by atoms with E-state index in [1.54, 1.807) is 0 Å². The first-order chi connectivity index (χ1) is 16.9. The summed E-state index contributed by atoms with van der Waals surface area (Å²) in [5.41, 5.74) is 6.28. The molecule has 0 spiro atoms. The Bertz CT molecular complexity index is 2080. The molecule has 0 aliphatic heterocycles. The highest BCUT2D eigenvalue weighted by molar-refractivity contribution is 6.19. The molecular formula is C31H18N2O. The molecule has 158 valence electrons. The molecule has 0 amide bonds. The van der Waals surface area contributed by atoms with Gasteiger partial charge in [-0.3, -0.25) is 4.98 Å². The van der Waals surface area contributed by atoms with Gasteiger partial charge in [0.2, 0.25) is 0 Å². The molecule has 0 aliphatic carbocycles. The maximum absolute atomic E-state index is 6.28. The molecule has 8 rings (SSSR count). The summed E-state index contributed by atoms with van der Waals surface area (Å²) in [7, 11) is 0. The molecule has 0 radical (unpaired) electrons. The van der Waals surface area contributed by atoms with Gasteiger partial charge in [0.15, 0.2) is 0 Å². The van der Waals surface area contributed by atoms with E-state index >= 15 is 0 Å². The number of aromatic nitrogens is 2. The number of benzene rings is 5. The van der Waals surface area contributed by atoms with Gasteiger partial charge in [-0.2, -0.15) is 0 Å². The minimum absolute atomic E-state index is 0.904. The van der Waals surface area contributed by atoms with Crippen LogP contribution >= 0.6 is 0 Å². The smallest absolute Gasteiger partial charge is 0.137 e. The van der Waals surface area contributed by atoms with E-state index in [1.807, 2.05) is 24.4 Å². The van der Waals surface area contributed by atoms with Crippen molar-refractivity contribution >= 4 is 65.4 Å². The molecule has 0 unspecified atom stereocenters. The molecule has 0 saturated carbocycles. The van der Waals surface area contributed by atoms with Crippen molar-refractivity contribution in [2.24, 2.45) is 0 Å². The fourth-order valence-corrected chi connectivity index (χ4v) is 5.53. The van der Waals surface area contributed by atoms with Crippen LogP contribution in [0.4, 0.5) is 0 Å². The van der Waals surface area contributed by atoms with Crippen LogP contribution in [0, 0.1) is 0 Å². The zero-order valence-electron chi connectivity index (χ0n) is 18.2. The van der Waals surface area contributed by atoms with Crippen LogP contribution < -0.4 is 0 Å². The topological polar surface area (TPSA) is 31.0 Å². The summed E-state index contributed by atoms with van der Waals surface area (Å²) in [6.45, 7) is 0. The molecule has 3 nitrogen and oxygen atoms in total. The molecule has 8 aromatic rings. The number of hydrogen-bond acceptors (Lipinski definition) is 2. The van der Waals surface area contributed by atoms with Crippen LogP contribution in [0.2, 0.25) is 0 Å². The lowest BCUT2D eigenvalue weighted by molar-refractivity contribution is 0.669. The normalized spacial score (nSPS) is 12.1. The molecule has 3 heterocycles. The molecule has 0 fully saturated rings. The predicted molar refractivity (Wildman–Crippen MR) is 141 cm³/mol. The van der Waals surface area contributed by atoms with Crippen molar-refractivity contribution in [3.05, 3.63) is 109 Å². The molecule has 5 aromatic carbocycles. The summed E-state index contributed by atoms with van der Waals surface area (Å²) in [6, 6.07) is 36.3. The maximum Gasteiger partial charge on any atom is 0.137 e. The van der Waals surface area contributed by atoms with E-state index in [9.17, 15) is 0 Å². The molecule has 3 heteroatoms. The summed E-state index contributed by atoms with van der Waals surface area (Å²) in [4.78, 5) is 4.79.